The van der Waals surface area contributed by atoms with Gasteiger partial charge in [-0.15, -0.1) is 0 Å². The average molecular weight is 569 g/mol. The van der Waals surface area contributed by atoms with Gasteiger partial charge < -0.3 is 28.6 Å². The van der Waals surface area contributed by atoms with Crippen LogP contribution in [0.3, 0.4) is 0 Å². The van der Waals surface area contributed by atoms with Crippen molar-refractivity contribution in [3.8, 4) is 17.2 Å². The first-order valence-corrected chi connectivity index (χ1v) is 12.8. The van der Waals surface area contributed by atoms with E-state index < -0.39 is 32.8 Å². The lowest BCUT2D eigenvalue weighted by molar-refractivity contribution is -0.137. The molecule has 0 saturated carbocycles. The Morgan fingerprint density at radius 3 is 2.18 bits per heavy atom. The second kappa shape index (κ2) is 12.7. The van der Waals surface area contributed by atoms with Crippen LogP contribution in [0, 0.1) is 0 Å². The van der Waals surface area contributed by atoms with E-state index in [1.807, 2.05) is 0 Å². The normalized spacial score (nSPS) is 11.5. The number of amides is 2. The smallest absolute Gasteiger partial charge is 0.416 e. The molecule has 0 spiro atoms. The third kappa shape index (κ3) is 8.26. The predicted molar refractivity (Wildman–Crippen MR) is 137 cm³/mol. The zero-order valence-electron chi connectivity index (χ0n) is 21.3. The monoisotopic (exact) mass is 568 g/mol. The molecule has 0 aromatic heterocycles. The Labute approximate surface area is 224 Å². The van der Waals surface area contributed by atoms with Gasteiger partial charge in [-0.2, -0.15) is 21.6 Å². The Bertz CT molecular complexity index is 1380. The first-order chi connectivity index (χ1) is 18.4. The lowest BCUT2D eigenvalue weighted by Gasteiger charge is -2.23. The van der Waals surface area contributed by atoms with E-state index in [2.05, 4.69) is 5.32 Å². The molecule has 0 bridgehead atoms. The number of nitrogens with zero attached hydrogens (tertiary/aromatic N) is 1. The Kier molecular flexibility index (Phi) is 9.65. The zero-order chi connectivity index (χ0) is 28.6. The molecule has 0 aliphatic heterocycles. The number of nitrogens with one attached hydrogen (secondary N) is 1. The maximum Gasteiger partial charge on any atom is 0.416 e. The fraction of sp³-hybridized carbons (Fsp3) is 0.269. The van der Waals surface area contributed by atoms with E-state index in [9.17, 15) is 26.4 Å². The van der Waals surface area contributed by atoms with Crippen molar-refractivity contribution in [3.05, 3.63) is 77.9 Å². The second-order valence-corrected chi connectivity index (χ2v) is 9.70. The summed E-state index contributed by atoms with van der Waals surface area (Å²) in [5.41, 5.74) is -0.196. The summed E-state index contributed by atoms with van der Waals surface area (Å²) in [5.74, 6) is 0.814. The van der Waals surface area contributed by atoms with Crippen molar-refractivity contribution in [2.24, 2.45) is 0 Å². The minimum absolute atomic E-state index is 0.0388. The zero-order valence-corrected chi connectivity index (χ0v) is 22.1. The fourth-order valence-electron chi connectivity index (χ4n) is 3.45. The molecular formula is C26H27F3N2O7S. The molecule has 0 fully saturated rings. The van der Waals surface area contributed by atoms with Gasteiger partial charge in [0.1, 0.15) is 22.1 Å². The third-order valence-electron chi connectivity index (χ3n) is 5.38. The summed E-state index contributed by atoms with van der Waals surface area (Å²) >= 11 is 0. The highest BCUT2D eigenvalue weighted by Crippen LogP contribution is 2.31. The number of urea groups is 1. The van der Waals surface area contributed by atoms with Gasteiger partial charge in [-0.1, -0.05) is 18.2 Å². The average Bonchev–Trinajstić information content (AvgIpc) is 2.90. The van der Waals surface area contributed by atoms with Crippen molar-refractivity contribution < 1.29 is 44.8 Å². The molecule has 0 aliphatic rings. The van der Waals surface area contributed by atoms with E-state index in [4.69, 9.17) is 18.4 Å². The van der Waals surface area contributed by atoms with E-state index in [0.29, 0.717) is 28.8 Å². The van der Waals surface area contributed by atoms with Crippen LogP contribution in [0.25, 0.3) is 0 Å². The molecule has 0 radical (unpaired) electrons. The Morgan fingerprint density at radius 1 is 0.897 bits per heavy atom. The molecule has 0 aliphatic carbocycles. The molecule has 210 valence electrons. The van der Waals surface area contributed by atoms with E-state index in [0.717, 1.165) is 18.2 Å². The summed E-state index contributed by atoms with van der Waals surface area (Å²) in [7, 11) is -0.121. The number of hydrogen-bond donors (Lipinski definition) is 1. The fourth-order valence-corrected chi connectivity index (χ4v) is 4.42. The number of hydrogen-bond acceptors (Lipinski definition) is 7. The Hall–Kier alpha value is -3.97. The van der Waals surface area contributed by atoms with Crippen LogP contribution in [0.4, 0.5) is 23.7 Å². The summed E-state index contributed by atoms with van der Waals surface area (Å²) in [4.78, 5) is 13.9. The Balaban J connectivity index is 1.79. The van der Waals surface area contributed by atoms with Crippen LogP contribution in [-0.4, -0.2) is 53.8 Å². The van der Waals surface area contributed by atoms with Crippen LogP contribution in [-0.2, 0) is 27.6 Å². The van der Waals surface area contributed by atoms with Gasteiger partial charge in [-0.3, -0.25) is 0 Å². The van der Waals surface area contributed by atoms with Gasteiger partial charge in [-0.25, -0.2) is 4.79 Å². The van der Waals surface area contributed by atoms with Crippen molar-refractivity contribution >= 4 is 21.8 Å². The molecule has 9 nitrogen and oxygen atoms in total. The number of rotatable bonds is 11. The quantitative estimate of drug-likeness (QED) is 0.318. The number of benzene rings is 3. The molecule has 2 amide bonds. The standard InChI is InChI=1S/C26H27F3N2O7S/c1-35-11-10-31(25(32)30-20-14-22(36-2)16-23(15-20)37-3)17-18-6-4-8-21(12-18)38-39(33,34)24-9-5-7-19(13-24)26(27,28)29/h4-9,12-16H,10-11,17H2,1-3H3,(H,30,32). The molecule has 3 aromatic carbocycles. The Morgan fingerprint density at radius 2 is 1.56 bits per heavy atom. The number of carbonyl (C=O) groups is 1. The second-order valence-electron chi connectivity index (χ2n) is 8.16. The number of ether oxygens (including phenoxy) is 3. The number of alkyl halides is 3. The van der Waals surface area contributed by atoms with E-state index in [1.165, 1.54) is 44.4 Å². The molecule has 3 aromatic rings. The first-order valence-electron chi connectivity index (χ1n) is 11.4. The van der Waals surface area contributed by atoms with Gasteiger partial charge in [0, 0.05) is 44.1 Å². The van der Waals surface area contributed by atoms with Crippen molar-refractivity contribution in [1.29, 1.82) is 0 Å². The highest BCUT2D eigenvalue weighted by atomic mass is 32.2. The van der Waals surface area contributed by atoms with Crippen molar-refractivity contribution in [2.75, 3.05) is 39.8 Å². The maximum absolute atomic E-state index is 13.1. The largest absolute Gasteiger partial charge is 0.497 e. The molecule has 0 atom stereocenters. The molecule has 0 unspecified atom stereocenters. The topological polar surface area (TPSA) is 103 Å². The van der Waals surface area contributed by atoms with Gasteiger partial charge in [-0.05, 0) is 35.9 Å². The number of halogens is 3. The van der Waals surface area contributed by atoms with Gasteiger partial charge >= 0.3 is 22.3 Å². The summed E-state index contributed by atoms with van der Waals surface area (Å²) in [6.07, 6.45) is -4.71. The van der Waals surface area contributed by atoms with Crippen molar-refractivity contribution in [3.63, 3.8) is 0 Å². The summed E-state index contributed by atoms with van der Waals surface area (Å²) < 4.78 is 85.1. The first kappa shape index (κ1) is 29.6. The van der Waals surface area contributed by atoms with Crippen LogP contribution in [0.15, 0.2) is 71.6 Å². The maximum atomic E-state index is 13.1. The summed E-state index contributed by atoms with van der Waals surface area (Å²) in [6, 6.07) is 13.5. The van der Waals surface area contributed by atoms with Gasteiger partial charge in [0.25, 0.3) is 0 Å². The molecule has 1 N–H and O–H groups in total. The SMILES string of the molecule is COCCN(Cc1cccc(OS(=O)(=O)c2cccc(C(F)(F)F)c2)c1)C(=O)Nc1cc(OC)cc(OC)c1. The number of carbonyl (C=O) groups excluding carboxylic acids is 1. The molecule has 0 heterocycles. The van der Waals surface area contributed by atoms with Crippen molar-refractivity contribution in [2.45, 2.75) is 17.6 Å². The highest BCUT2D eigenvalue weighted by molar-refractivity contribution is 7.87. The third-order valence-corrected chi connectivity index (χ3v) is 6.63. The van der Waals surface area contributed by atoms with Crippen LogP contribution in [0.5, 0.6) is 17.2 Å². The molecule has 0 saturated heterocycles. The van der Waals surface area contributed by atoms with E-state index in [-0.39, 0.29) is 25.4 Å². The van der Waals surface area contributed by atoms with Crippen LogP contribution in [0.2, 0.25) is 0 Å². The van der Waals surface area contributed by atoms with E-state index in [1.54, 1.807) is 24.3 Å². The van der Waals surface area contributed by atoms with Gasteiger partial charge in [0.15, 0.2) is 0 Å². The van der Waals surface area contributed by atoms with Crippen LogP contribution >= 0.6 is 0 Å². The van der Waals surface area contributed by atoms with Crippen LogP contribution in [0.1, 0.15) is 11.1 Å². The number of methoxy groups -OCH3 is 3. The minimum atomic E-state index is -4.71. The lowest BCUT2D eigenvalue weighted by atomic mass is 10.2. The number of anilines is 1. The summed E-state index contributed by atoms with van der Waals surface area (Å²) in [6.45, 7) is 0.448. The summed E-state index contributed by atoms with van der Waals surface area (Å²) in [5, 5.41) is 2.76. The molecule has 39 heavy (non-hydrogen) atoms. The highest BCUT2D eigenvalue weighted by Gasteiger charge is 2.32. The van der Waals surface area contributed by atoms with Crippen molar-refractivity contribution in [1.82, 2.24) is 4.90 Å². The lowest BCUT2D eigenvalue weighted by Crippen LogP contribution is -2.36. The van der Waals surface area contributed by atoms with Gasteiger partial charge in [0.2, 0.25) is 0 Å². The van der Waals surface area contributed by atoms with Crippen LogP contribution < -0.4 is 19.0 Å². The molecule has 13 heteroatoms. The minimum Gasteiger partial charge on any atom is -0.497 e. The van der Waals surface area contributed by atoms with Gasteiger partial charge in [0.05, 0.1) is 26.4 Å². The molecule has 3 rings (SSSR count). The molecular weight excluding hydrogens is 541 g/mol. The van der Waals surface area contributed by atoms with E-state index >= 15 is 0 Å². The predicted octanol–water partition coefficient (Wildman–Crippen LogP) is 5.17.